The number of esters is 1. The van der Waals surface area contributed by atoms with E-state index in [1.807, 2.05) is 6.07 Å². The van der Waals surface area contributed by atoms with E-state index < -0.39 is 24.3 Å². The molecular formula is C25H22Br3NO6S. The Kier molecular flexibility index (Phi) is 11.0. The Balaban J connectivity index is 1.95. The number of hydrogen-bond donors (Lipinski definition) is 3. The number of halogens is 3. The van der Waals surface area contributed by atoms with Crippen molar-refractivity contribution in [3.63, 3.8) is 0 Å². The van der Waals surface area contributed by atoms with Crippen molar-refractivity contribution in [1.29, 1.82) is 0 Å². The lowest BCUT2D eigenvalue weighted by Crippen LogP contribution is -2.32. The number of para-hydroxylation sites is 1. The number of anilines is 1. The molecule has 0 bridgehead atoms. The van der Waals surface area contributed by atoms with Crippen LogP contribution in [0.3, 0.4) is 0 Å². The van der Waals surface area contributed by atoms with Crippen molar-refractivity contribution in [3.8, 4) is 11.5 Å². The van der Waals surface area contributed by atoms with Crippen molar-refractivity contribution < 1.29 is 28.9 Å². The third-order valence-electron chi connectivity index (χ3n) is 4.85. The minimum Gasteiger partial charge on any atom is -0.506 e. The van der Waals surface area contributed by atoms with E-state index in [-0.39, 0.29) is 24.5 Å². The Hall–Kier alpha value is -2.21. The van der Waals surface area contributed by atoms with Crippen LogP contribution >= 0.6 is 60.4 Å². The number of benzene rings is 3. The summed E-state index contributed by atoms with van der Waals surface area (Å²) in [6.45, 7) is -0.0129. The summed E-state index contributed by atoms with van der Waals surface area (Å²) in [4.78, 5) is 24.6. The first-order valence-electron chi connectivity index (χ1n) is 10.7. The molecule has 190 valence electrons. The number of hydrogen-bond acceptors (Lipinski definition) is 7. The third kappa shape index (κ3) is 8.43. The average Bonchev–Trinajstić information content (AvgIpc) is 2.86. The van der Waals surface area contributed by atoms with E-state index in [1.54, 1.807) is 60.7 Å². The fraction of sp³-hybridized carbons (Fsp3) is 0.200. The van der Waals surface area contributed by atoms with Gasteiger partial charge in [-0.1, -0.05) is 50.1 Å². The average molecular weight is 704 g/mol. The summed E-state index contributed by atoms with van der Waals surface area (Å²) in [6.07, 6.45) is -2.51. The molecule has 36 heavy (non-hydrogen) atoms. The van der Waals surface area contributed by atoms with Crippen LogP contribution in [-0.2, 0) is 14.3 Å². The number of thiol groups is 1. The Morgan fingerprint density at radius 3 is 2.33 bits per heavy atom. The van der Waals surface area contributed by atoms with Gasteiger partial charge in [0.2, 0.25) is 0 Å². The molecule has 0 unspecified atom stereocenters. The summed E-state index contributed by atoms with van der Waals surface area (Å²) in [6, 6.07) is 19.2. The second kappa shape index (κ2) is 13.9. The van der Waals surface area contributed by atoms with Gasteiger partial charge in [0, 0.05) is 26.6 Å². The number of nitrogens with one attached hydrogen (secondary N) is 1. The van der Waals surface area contributed by atoms with Crippen molar-refractivity contribution in [3.05, 3.63) is 85.7 Å². The Morgan fingerprint density at radius 1 is 0.972 bits per heavy atom. The van der Waals surface area contributed by atoms with Crippen LogP contribution in [0.4, 0.5) is 10.5 Å². The lowest BCUT2D eigenvalue weighted by atomic mass is 10.0. The first-order chi connectivity index (χ1) is 17.3. The topological polar surface area (TPSA) is 94.1 Å². The maximum Gasteiger partial charge on any atom is 0.412 e. The van der Waals surface area contributed by atoms with Crippen molar-refractivity contribution in [2.45, 2.75) is 18.6 Å². The van der Waals surface area contributed by atoms with E-state index in [0.29, 0.717) is 25.9 Å². The molecule has 0 aliphatic rings. The molecule has 3 rings (SSSR count). The first-order valence-corrected chi connectivity index (χ1v) is 13.7. The van der Waals surface area contributed by atoms with Crippen molar-refractivity contribution in [2.24, 2.45) is 0 Å². The highest BCUT2D eigenvalue weighted by Crippen LogP contribution is 2.39. The van der Waals surface area contributed by atoms with Crippen LogP contribution in [0.2, 0.25) is 0 Å². The zero-order valence-corrected chi connectivity index (χ0v) is 24.3. The van der Waals surface area contributed by atoms with Gasteiger partial charge in [-0.25, -0.2) is 4.79 Å². The number of carbonyl (C=O) groups excluding carboxylic acids is 2. The normalized spacial score (nSPS) is 12.3. The molecule has 0 spiro atoms. The highest BCUT2D eigenvalue weighted by atomic mass is 79.9. The van der Waals surface area contributed by atoms with Gasteiger partial charge >= 0.3 is 12.1 Å². The second-order valence-corrected chi connectivity index (χ2v) is 10.4. The summed E-state index contributed by atoms with van der Waals surface area (Å²) in [5, 5.41) is 13.5. The SMILES string of the molecule is O=C(CS)OCC[C@@H](Oc1ccccc1)[C@H](OC(=O)Nc1ccc(Br)cc1)c1cc(Br)cc(Br)c1O. The van der Waals surface area contributed by atoms with E-state index in [9.17, 15) is 14.7 Å². The van der Waals surface area contributed by atoms with Crippen LogP contribution in [0.1, 0.15) is 18.1 Å². The molecule has 0 fully saturated rings. The number of carbonyl (C=O) groups is 2. The molecule has 0 aliphatic carbocycles. The maximum atomic E-state index is 12.9. The minimum atomic E-state index is -1.08. The number of phenols is 1. The predicted molar refractivity (Wildman–Crippen MR) is 151 cm³/mol. The second-order valence-electron chi connectivity index (χ2n) is 7.42. The van der Waals surface area contributed by atoms with Gasteiger partial charge in [0.25, 0.3) is 0 Å². The van der Waals surface area contributed by atoms with Crippen LogP contribution in [0.25, 0.3) is 0 Å². The summed E-state index contributed by atoms with van der Waals surface area (Å²) in [7, 11) is 0. The van der Waals surface area contributed by atoms with Crippen LogP contribution < -0.4 is 10.1 Å². The molecular weight excluding hydrogens is 682 g/mol. The lowest BCUT2D eigenvalue weighted by molar-refractivity contribution is -0.141. The largest absolute Gasteiger partial charge is 0.506 e. The lowest BCUT2D eigenvalue weighted by Gasteiger charge is -2.29. The summed E-state index contributed by atoms with van der Waals surface area (Å²) in [5.74, 6) is -0.165. The van der Waals surface area contributed by atoms with E-state index in [2.05, 4.69) is 65.7 Å². The molecule has 3 aromatic carbocycles. The standard InChI is InChI=1S/C25H22Br3NO6S/c26-15-6-8-17(9-7-15)29-25(32)35-24(19-12-16(27)13-20(28)23(19)31)21(10-11-33-22(30)14-36)34-18-4-2-1-3-5-18/h1-9,12-13,21,24,31,36H,10-11,14H2,(H,29,32)/t21-,24-/m1/s1. The van der Waals surface area contributed by atoms with Gasteiger partial charge in [0.05, 0.1) is 16.8 Å². The molecule has 3 aromatic rings. The zero-order valence-electron chi connectivity index (χ0n) is 18.7. The Bertz CT molecular complexity index is 1180. The first kappa shape index (κ1) is 28.4. The van der Waals surface area contributed by atoms with E-state index in [1.165, 1.54) is 0 Å². The van der Waals surface area contributed by atoms with E-state index >= 15 is 0 Å². The van der Waals surface area contributed by atoms with Crippen LogP contribution in [-0.4, -0.2) is 35.6 Å². The molecule has 7 nitrogen and oxygen atoms in total. The fourth-order valence-corrected chi connectivity index (χ4v) is 4.83. The molecule has 0 aromatic heterocycles. The van der Waals surface area contributed by atoms with Crippen LogP contribution in [0, 0.1) is 0 Å². The molecule has 0 heterocycles. The highest BCUT2D eigenvalue weighted by Gasteiger charge is 2.32. The number of amides is 1. The highest BCUT2D eigenvalue weighted by molar-refractivity contribution is 9.11. The van der Waals surface area contributed by atoms with Gasteiger partial charge in [-0.3, -0.25) is 10.1 Å². The molecule has 0 aliphatic heterocycles. The molecule has 0 radical (unpaired) electrons. The Morgan fingerprint density at radius 2 is 1.67 bits per heavy atom. The fourth-order valence-electron chi connectivity index (χ4n) is 3.22. The van der Waals surface area contributed by atoms with Gasteiger partial charge in [0.1, 0.15) is 17.6 Å². The molecule has 0 saturated heterocycles. The van der Waals surface area contributed by atoms with Crippen LogP contribution in [0.15, 0.2) is 80.1 Å². The molecule has 2 atom stereocenters. The van der Waals surface area contributed by atoms with Gasteiger partial charge in [-0.05, 0) is 64.5 Å². The summed E-state index contributed by atoms with van der Waals surface area (Å²) >= 11 is 14.0. The van der Waals surface area contributed by atoms with Gasteiger partial charge in [0.15, 0.2) is 6.10 Å². The monoisotopic (exact) mass is 701 g/mol. The number of ether oxygens (including phenoxy) is 3. The Labute approximate surface area is 239 Å². The zero-order chi connectivity index (χ0) is 26.1. The van der Waals surface area contributed by atoms with E-state index in [4.69, 9.17) is 14.2 Å². The molecule has 0 saturated carbocycles. The number of phenolic OH excluding ortho intramolecular Hbond substituents is 1. The summed E-state index contributed by atoms with van der Waals surface area (Å²) in [5.41, 5.74) is 0.813. The molecule has 2 N–H and O–H groups in total. The van der Waals surface area contributed by atoms with Crippen molar-refractivity contribution in [1.82, 2.24) is 0 Å². The van der Waals surface area contributed by atoms with Crippen LogP contribution in [0.5, 0.6) is 11.5 Å². The van der Waals surface area contributed by atoms with Gasteiger partial charge in [-0.2, -0.15) is 12.6 Å². The predicted octanol–water partition coefficient (Wildman–Crippen LogP) is 7.28. The summed E-state index contributed by atoms with van der Waals surface area (Å²) < 4.78 is 19.1. The quantitative estimate of drug-likeness (QED) is 0.152. The van der Waals surface area contributed by atoms with Gasteiger partial charge < -0.3 is 19.3 Å². The van der Waals surface area contributed by atoms with Gasteiger partial charge in [-0.15, -0.1) is 0 Å². The third-order valence-corrected chi connectivity index (χ3v) is 6.70. The van der Waals surface area contributed by atoms with Crippen molar-refractivity contribution in [2.75, 3.05) is 17.7 Å². The number of aromatic hydroxyl groups is 1. The molecule has 11 heteroatoms. The number of rotatable bonds is 10. The minimum absolute atomic E-state index is 0.0129. The van der Waals surface area contributed by atoms with E-state index in [0.717, 1.165) is 4.47 Å². The smallest absolute Gasteiger partial charge is 0.412 e. The molecule has 1 amide bonds. The van der Waals surface area contributed by atoms with Crippen molar-refractivity contribution >= 4 is 78.2 Å². The maximum absolute atomic E-state index is 12.9.